The van der Waals surface area contributed by atoms with Crippen LogP contribution in [0.4, 0.5) is 0 Å². The van der Waals surface area contributed by atoms with Crippen molar-refractivity contribution in [3.05, 3.63) is 78.6 Å². The number of thiophene rings is 1. The summed E-state index contributed by atoms with van der Waals surface area (Å²) in [4.78, 5) is 22.4. The summed E-state index contributed by atoms with van der Waals surface area (Å²) in [5.41, 5.74) is 6.56. The molecule has 0 bridgehead atoms. The molecule has 0 atom stereocenters. The smallest absolute Gasteiger partial charge is 0.109 e. The molecular formula is C30H25N5S. The second-order valence-electron chi connectivity index (χ2n) is 9.62. The summed E-state index contributed by atoms with van der Waals surface area (Å²) in [6.45, 7) is 6.44. The topological polar surface area (TPSA) is 70.2 Å². The van der Waals surface area contributed by atoms with E-state index in [0.717, 1.165) is 56.5 Å². The summed E-state index contributed by atoms with van der Waals surface area (Å²) < 4.78 is 1.27. The maximum absolute atomic E-state index is 4.86. The summed E-state index contributed by atoms with van der Waals surface area (Å²) in [5, 5.41) is 4.64. The monoisotopic (exact) mass is 487 g/mol. The Morgan fingerprint density at radius 1 is 0.861 bits per heavy atom. The zero-order chi connectivity index (χ0) is 24.4. The fourth-order valence-corrected chi connectivity index (χ4v) is 6.09. The first kappa shape index (κ1) is 21.3. The van der Waals surface area contributed by atoms with Crippen LogP contribution >= 0.6 is 11.3 Å². The average molecular weight is 488 g/mol. The quantitative estimate of drug-likeness (QED) is 0.246. The third-order valence-electron chi connectivity index (χ3n) is 6.96. The highest BCUT2D eigenvalue weighted by atomic mass is 32.1. The number of aromatic nitrogens is 5. The molecule has 0 aliphatic heterocycles. The molecule has 5 nitrogen and oxygen atoms in total. The minimum Gasteiger partial charge on any atom is -0.341 e. The lowest BCUT2D eigenvalue weighted by Gasteiger charge is -2.08. The molecule has 0 aliphatic carbocycles. The largest absolute Gasteiger partial charge is 0.341 e. The number of nitrogens with one attached hydrogen (secondary N) is 2. The number of imidazole rings is 2. The molecule has 0 aliphatic rings. The van der Waals surface area contributed by atoms with Crippen molar-refractivity contribution < 1.29 is 0 Å². The molecule has 176 valence electrons. The van der Waals surface area contributed by atoms with Gasteiger partial charge in [-0.3, -0.25) is 4.98 Å². The summed E-state index contributed by atoms with van der Waals surface area (Å²) in [7, 11) is 0. The fraction of sp³-hybridized carbons (Fsp3) is 0.167. The number of benzene rings is 3. The van der Waals surface area contributed by atoms with E-state index in [-0.39, 0.29) is 0 Å². The van der Waals surface area contributed by atoms with Crippen LogP contribution in [-0.2, 0) is 6.42 Å². The van der Waals surface area contributed by atoms with E-state index < -0.39 is 0 Å². The molecular weight excluding hydrogens is 462 g/mol. The van der Waals surface area contributed by atoms with Gasteiger partial charge in [-0.05, 0) is 46.8 Å². The van der Waals surface area contributed by atoms with Crippen LogP contribution in [0.5, 0.6) is 0 Å². The minimum absolute atomic E-state index is 0.384. The van der Waals surface area contributed by atoms with Gasteiger partial charge >= 0.3 is 0 Å². The van der Waals surface area contributed by atoms with E-state index in [1.807, 2.05) is 18.5 Å². The van der Waals surface area contributed by atoms with Crippen LogP contribution < -0.4 is 0 Å². The van der Waals surface area contributed by atoms with Crippen molar-refractivity contribution in [3.63, 3.8) is 0 Å². The first-order valence-electron chi connectivity index (χ1n) is 12.4. The van der Waals surface area contributed by atoms with Gasteiger partial charge in [-0.15, -0.1) is 11.3 Å². The van der Waals surface area contributed by atoms with Gasteiger partial charge in [-0.1, -0.05) is 45.0 Å². The summed E-state index contributed by atoms with van der Waals surface area (Å²) in [6.07, 6.45) is 4.69. The van der Waals surface area contributed by atoms with Crippen LogP contribution in [-0.4, -0.2) is 24.9 Å². The lowest BCUT2D eigenvalue weighted by Crippen LogP contribution is -1.88. The van der Waals surface area contributed by atoms with Crippen molar-refractivity contribution in [2.24, 2.45) is 0 Å². The second-order valence-corrected chi connectivity index (χ2v) is 10.7. The highest BCUT2D eigenvalue weighted by molar-refractivity contribution is 7.22. The van der Waals surface area contributed by atoms with Crippen molar-refractivity contribution in [3.8, 4) is 21.7 Å². The van der Waals surface area contributed by atoms with E-state index >= 15 is 0 Å². The molecule has 36 heavy (non-hydrogen) atoms. The van der Waals surface area contributed by atoms with Crippen molar-refractivity contribution in [2.75, 3.05) is 0 Å². The van der Waals surface area contributed by atoms with Gasteiger partial charge in [0, 0.05) is 39.4 Å². The SMILES string of the molecule is CCc1nc2c3cccnc3c3cc(-c4ccc5cc(-c6cnc(C(C)C)[nH]6)sc5c4)ccc3c2[nH]1. The molecule has 0 spiro atoms. The maximum atomic E-state index is 4.86. The minimum atomic E-state index is 0.384. The average Bonchev–Trinajstić information content (AvgIpc) is 3.66. The molecule has 2 N–H and O–H groups in total. The van der Waals surface area contributed by atoms with Crippen molar-refractivity contribution in [2.45, 2.75) is 33.1 Å². The highest BCUT2D eigenvalue weighted by Crippen LogP contribution is 2.38. The standard InChI is InChI=1S/C30H25N5S/c1-4-26-34-28-20-10-9-17(12-22(20)27-21(29(28)35-26)6-5-11-31-27)18-7-8-19-14-25(36-24(19)13-18)23-15-32-30(33-23)16(2)3/h5-16H,4H2,1-3H3,(H,32,33)(H,34,35). The van der Waals surface area contributed by atoms with Gasteiger partial charge in [-0.25, -0.2) is 9.97 Å². The summed E-state index contributed by atoms with van der Waals surface area (Å²) in [6, 6.07) is 19.8. The maximum Gasteiger partial charge on any atom is 0.109 e. The highest BCUT2D eigenvalue weighted by Gasteiger charge is 2.15. The summed E-state index contributed by atoms with van der Waals surface area (Å²) >= 11 is 1.80. The number of hydrogen-bond acceptors (Lipinski definition) is 4. The van der Waals surface area contributed by atoms with Crippen molar-refractivity contribution >= 4 is 54.1 Å². The molecule has 0 fully saturated rings. The van der Waals surface area contributed by atoms with Gasteiger partial charge < -0.3 is 9.97 Å². The first-order chi connectivity index (χ1) is 17.6. The molecule has 0 radical (unpaired) electrons. The number of H-pyrrole nitrogens is 2. The number of rotatable bonds is 4. The molecule has 3 aromatic carbocycles. The van der Waals surface area contributed by atoms with Gasteiger partial charge in [0.1, 0.15) is 11.6 Å². The Hall–Kier alpha value is -4.03. The Bertz CT molecular complexity index is 1920. The number of hydrogen-bond donors (Lipinski definition) is 2. The number of aryl methyl sites for hydroxylation is 1. The predicted octanol–water partition coefficient (Wildman–Crippen LogP) is 8.22. The Kier molecular flexibility index (Phi) is 4.73. The normalized spacial score (nSPS) is 12.1. The molecule has 0 saturated heterocycles. The van der Waals surface area contributed by atoms with E-state index in [1.165, 1.54) is 26.1 Å². The van der Waals surface area contributed by atoms with Crippen LogP contribution in [0.3, 0.4) is 0 Å². The lowest BCUT2D eigenvalue weighted by atomic mass is 9.98. The van der Waals surface area contributed by atoms with E-state index in [2.05, 4.69) is 84.3 Å². The van der Waals surface area contributed by atoms with Gasteiger partial charge in [0.25, 0.3) is 0 Å². The number of aromatic amines is 2. The molecule has 6 heteroatoms. The number of fused-ring (bicyclic) bond motifs is 7. The van der Waals surface area contributed by atoms with E-state index in [1.54, 1.807) is 11.3 Å². The van der Waals surface area contributed by atoms with E-state index in [9.17, 15) is 0 Å². The molecule has 0 amide bonds. The second kappa shape index (κ2) is 8.00. The van der Waals surface area contributed by atoms with Crippen molar-refractivity contribution in [1.82, 2.24) is 24.9 Å². The Labute approximate surface area is 212 Å². The van der Waals surface area contributed by atoms with Crippen LogP contribution in [0, 0.1) is 0 Å². The molecule has 0 saturated carbocycles. The van der Waals surface area contributed by atoms with Crippen molar-refractivity contribution in [1.29, 1.82) is 0 Å². The lowest BCUT2D eigenvalue weighted by molar-refractivity contribution is 0.795. The van der Waals surface area contributed by atoms with Crippen LogP contribution in [0.1, 0.15) is 38.3 Å². The molecule has 4 heterocycles. The molecule has 7 rings (SSSR count). The van der Waals surface area contributed by atoms with Crippen LogP contribution in [0.2, 0.25) is 0 Å². The van der Waals surface area contributed by atoms with Crippen LogP contribution in [0.15, 0.2) is 67.0 Å². The number of pyridine rings is 1. The van der Waals surface area contributed by atoms with E-state index in [4.69, 9.17) is 9.97 Å². The Morgan fingerprint density at radius 3 is 2.56 bits per heavy atom. The zero-order valence-corrected chi connectivity index (χ0v) is 21.2. The first-order valence-corrected chi connectivity index (χ1v) is 13.2. The predicted molar refractivity (Wildman–Crippen MR) is 151 cm³/mol. The van der Waals surface area contributed by atoms with Gasteiger partial charge in [-0.2, -0.15) is 0 Å². The third kappa shape index (κ3) is 3.25. The van der Waals surface area contributed by atoms with Gasteiger partial charge in [0.15, 0.2) is 0 Å². The fourth-order valence-electron chi connectivity index (χ4n) is 5.03. The summed E-state index contributed by atoms with van der Waals surface area (Å²) in [5.74, 6) is 2.41. The zero-order valence-electron chi connectivity index (χ0n) is 20.4. The molecule has 4 aromatic heterocycles. The Balaban J connectivity index is 1.38. The molecule has 0 unspecified atom stereocenters. The van der Waals surface area contributed by atoms with Gasteiger partial charge in [0.05, 0.1) is 33.3 Å². The van der Waals surface area contributed by atoms with Gasteiger partial charge in [0.2, 0.25) is 0 Å². The Morgan fingerprint density at radius 2 is 1.72 bits per heavy atom. The number of nitrogens with zero attached hydrogens (tertiary/aromatic N) is 3. The van der Waals surface area contributed by atoms with Crippen LogP contribution in [0.25, 0.3) is 64.5 Å². The van der Waals surface area contributed by atoms with E-state index in [0.29, 0.717) is 5.92 Å². The third-order valence-corrected chi connectivity index (χ3v) is 8.09. The molecule has 7 aromatic rings.